The number of hydrogen-bond acceptors (Lipinski definition) is 8. The number of methoxy groups -OCH3 is 1. The quantitative estimate of drug-likeness (QED) is 0.351. The topological polar surface area (TPSA) is 96.2 Å². The molecule has 0 amide bonds. The number of carbonyl (C=O) groups is 2. The van der Waals surface area contributed by atoms with Gasteiger partial charge < -0.3 is 14.2 Å². The number of fused-ring (bicyclic) bond motifs is 1. The van der Waals surface area contributed by atoms with E-state index in [1.165, 1.54) is 29.9 Å². The second-order valence-corrected chi connectivity index (χ2v) is 9.13. The van der Waals surface area contributed by atoms with Gasteiger partial charge in [0.15, 0.2) is 16.3 Å². The molecule has 1 aromatic heterocycles. The van der Waals surface area contributed by atoms with Crippen molar-refractivity contribution in [2.75, 3.05) is 13.7 Å². The lowest BCUT2D eigenvalue weighted by Gasteiger charge is -2.21. The van der Waals surface area contributed by atoms with Gasteiger partial charge in [-0.2, -0.15) is 0 Å². The van der Waals surface area contributed by atoms with Crippen molar-refractivity contribution in [1.29, 1.82) is 0 Å². The molecular formula is C28H26N2O6S. The van der Waals surface area contributed by atoms with E-state index in [-0.39, 0.29) is 17.9 Å². The van der Waals surface area contributed by atoms with Crippen LogP contribution in [0.4, 0.5) is 0 Å². The highest BCUT2D eigenvalue weighted by molar-refractivity contribution is 7.07. The Morgan fingerprint density at radius 3 is 2.54 bits per heavy atom. The Labute approximate surface area is 217 Å². The van der Waals surface area contributed by atoms with E-state index in [0.717, 1.165) is 5.56 Å². The van der Waals surface area contributed by atoms with Crippen LogP contribution >= 0.6 is 11.3 Å². The standard InChI is InChI=1S/C28H26N2O6S/c1-5-35-27(33)25-17(2)29-28-30(21(25)13-11-19-9-7-6-8-10-19)26(32)24(37-28)16-20-12-14-22(36-18(3)31)23(15-20)34-4/h6-16,21H,5H2,1-4H3/b13-11+,24-16+/t21-/m0/s1. The maximum atomic E-state index is 13.6. The van der Waals surface area contributed by atoms with Crippen LogP contribution in [0.25, 0.3) is 12.2 Å². The number of esters is 2. The summed E-state index contributed by atoms with van der Waals surface area (Å²) < 4.78 is 17.7. The first-order valence-electron chi connectivity index (χ1n) is 11.6. The fourth-order valence-electron chi connectivity index (χ4n) is 3.95. The van der Waals surface area contributed by atoms with E-state index >= 15 is 0 Å². The first kappa shape index (κ1) is 25.8. The van der Waals surface area contributed by atoms with Crippen molar-refractivity contribution in [3.8, 4) is 11.5 Å². The molecule has 4 rings (SSSR count). The van der Waals surface area contributed by atoms with Gasteiger partial charge in [0.1, 0.15) is 0 Å². The highest BCUT2D eigenvalue weighted by Gasteiger charge is 2.30. The normalized spacial score (nSPS) is 15.4. The summed E-state index contributed by atoms with van der Waals surface area (Å²) in [5, 5.41) is 0. The number of aromatic nitrogens is 1. The van der Waals surface area contributed by atoms with Gasteiger partial charge >= 0.3 is 11.9 Å². The van der Waals surface area contributed by atoms with Crippen LogP contribution < -0.4 is 24.4 Å². The van der Waals surface area contributed by atoms with Gasteiger partial charge in [-0.15, -0.1) is 0 Å². The van der Waals surface area contributed by atoms with Gasteiger partial charge in [0.05, 0.1) is 35.6 Å². The first-order chi connectivity index (χ1) is 17.8. The molecule has 2 heterocycles. The summed E-state index contributed by atoms with van der Waals surface area (Å²) in [6.45, 7) is 4.99. The predicted molar refractivity (Wildman–Crippen MR) is 141 cm³/mol. The third-order valence-electron chi connectivity index (χ3n) is 5.57. The number of rotatable bonds is 7. The van der Waals surface area contributed by atoms with Crippen LogP contribution in [0.15, 0.2) is 75.7 Å². The highest BCUT2D eigenvalue weighted by Crippen LogP contribution is 2.29. The van der Waals surface area contributed by atoms with Crippen molar-refractivity contribution in [2.45, 2.75) is 26.8 Å². The fraction of sp³-hybridized carbons (Fsp3) is 0.214. The summed E-state index contributed by atoms with van der Waals surface area (Å²) >= 11 is 1.22. The van der Waals surface area contributed by atoms with Gasteiger partial charge in [-0.05, 0) is 43.2 Å². The molecule has 3 aromatic rings. The molecule has 8 nitrogen and oxygen atoms in total. The molecule has 0 radical (unpaired) electrons. The largest absolute Gasteiger partial charge is 0.493 e. The Balaban J connectivity index is 1.83. The molecule has 0 saturated carbocycles. The zero-order valence-corrected chi connectivity index (χ0v) is 21.7. The highest BCUT2D eigenvalue weighted by atomic mass is 32.1. The minimum atomic E-state index is -0.682. The van der Waals surface area contributed by atoms with Gasteiger partial charge in [0.25, 0.3) is 5.56 Å². The van der Waals surface area contributed by atoms with Crippen LogP contribution in [0.5, 0.6) is 11.5 Å². The number of carbonyl (C=O) groups excluding carboxylic acids is 2. The Morgan fingerprint density at radius 1 is 1.11 bits per heavy atom. The molecule has 0 spiro atoms. The number of benzene rings is 2. The van der Waals surface area contributed by atoms with E-state index in [0.29, 0.717) is 31.9 Å². The molecule has 0 N–H and O–H groups in total. The van der Waals surface area contributed by atoms with E-state index in [2.05, 4.69) is 4.99 Å². The van der Waals surface area contributed by atoms with E-state index in [9.17, 15) is 14.4 Å². The van der Waals surface area contributed by atoms with Crippen LogP contribution in [-0.2, 0) is 14.3 Å². The monoisotopic (exact) mass is 518 g/mol. The number of hydrogen-bond donors (Lipinski definition) is 0. The van der Waals surface area contributed by atoms with Crippen molar-refractivity contribution in [2.24, 2.45) is 4.99 Å². The lowest BCUT2D eigenvalue weighted by atomic mass is 10.0. The van der Waals surface area contributed by atoms with Crippen LogP contribution in [0, 0.1) is 0 Å². The van der Waals surface area contributed by atoms with Crippen molar-refractivity contribution in [3.63, 3.8) is 0 Å². The molecule has 9 heteroatoms. The summed E-state index contributed by atoms with van der Waals surface area (Å²) in [5.41, 5.74) is 2.14. The second kappa shape index (κ2) is 11.2. The number of thiazole rings is 1. The molecular weight excluding hydrogens is 492 g/mol. The molecule has 0 bridgehead atoms. The average molecular weight is 519 g/mol. The molecule has 1 atom stereocenters. The predicted octanol–water partition coefficient (Wildman–Crippen LogP) is 3.40. The summed E-state index contributed by atoms with van der Waals surface area (Å²) in [6.07, 6.45) is 5.40. The molecule has 37 heavy (non-hydrogen) atoms. The van der Waals surface area contributed by atoms with Crippen molar-refractivity contribution in [3.05, 3.63) is 96.7 Å². The average Bonchev–Trinajstić information content (AvgIpc) is 3.17. The maximum absolute atomic E-state index is 13.6. The molecule has 0 aliphatic carbocycles. The van der Waals surface area contributed by atoms with Gasteiger partial charge in [0, 0.05) is 6.92 Å². The van der Waals surface area contributed by atoms with Crippen LogP contribution in [0.1, 0.15) is 37.9 Å². The number of ether oxygens (including phenoxy) is 3. The Hall–Kier alpha value is -4.24. The zero-order chi connectivity index (χ0) is 26.5. The Bertz CT molecular complexity index is 1580. The summed E-state index contributed by atoms with van der Waals surface area (Å²) in [6, 6.07) is 14.0. The SMILES string of the molecule is CCOC(=O)C1=C(C)N=c2s/c(=C/c3ccc(OC(C)=O)c(OC)c3)c(=O)n2[C@H]1/C=C/c1ccccc1. The van der Waals surface area contributed by atoms with E-state index in [4.69, 9.17) is 14.2 Å². The van der Waals surface area contributed by atoms with Crippen LogP contribution in [0.3, 0.4) is 0 Å². The zero-order valence-electron chi connectivity index (χ0n) is 20.9. The van der Waals surface area contributed by atoms with Crippen molar-refractivity contribution < 1.29 is 23.8 Å². The van der Waals surface area contributed by atoms with Gasteiger partial charge in [-0.3, -0.25) is 14.2 Å². The minimum Gasteiger partial charge on any atom is -0.493 e. The Morgan fingerprint density at radius 2 is 1.86 bits per heavy atom. The molecule has 1 aliphatic heterocycles. The van der Waals surface area contributed by atoms with E-state index in [1.54, 1.807) is 38.1 Å². The molecule has 190 valence electrons. The third-order valence-corrected chi connectivity index (χ3v) is 6.55. The van der Waals surface area contributed by atoms with Crippen LogP contribution in [-0.4, -0.2) is 30.2 Å². The molecule has 1 aliphatic rings. The smallest absolute Gasteiger partial charge is 0.338 e. The fourth-order valence-corrected chi connectivity index (χ4v) is 5.00. The van der Waals surface area contributed by atoms with Gasteiger partial charge in [0.2, 0.25) is 0 Å². The minimum absolute atomic E-state index is 0.209. The van der Waals surface area contributed by atoms with E-state index < -0.39 is 18.0 Å². The lowest BCUT2D eigenvalue weighted by molar-refractivity contribution is -0.139. The van der Waals surface area contributed by atoms with E-state index in [1.807, 2.05) is 42.5 Å². The Kier molecular flexibility index (Phi) is 7.83. The molecule has 0 fully saturated rings. The van der Waals surface area contributed by atoms with Gasteiger partial charge in [-0.1, -0.05) is 59.9 Å². The molecule has 0 saturated heterocycles. The van der Waals surface area contributed by atoms with Gasteiger partial charge in [-0.25, -0.2) is 9.79 Å². The number of allylic oxidation sites excluding steroid dienone is 2. The number of nitrogens with zero attached hydrogens (tertiary/aromatic N) is 2. The first-order valence-corrected chi connectivity index (χ1v) is 12.4. The van der Waals surface area contributed by atoms with Crippen molar-refractivity contribution in [1.82, 2.24) is 4.57 Å². The third kappa shape index (κ3) is 5.62. The molecule has 0 unspecified atom stereocenters. The summed E-state index contributed by atoms with van der Waals surface area (Å²) in [4.78, 5) is 42.9. The van der Waals surface area contributed by atoms with Crippen LogP contribution in [0.2, 0.25) is 0 Å². The second-order valence-electron chi connectivity index (χ2n) is 8.12. The summed E-state index contributed by atoms with van der Waals surface area (Å²) in [5.74, 6) is -0.322. The maximum Gasteiger partial charge on any atom is 0.338 e. The summed E-state index contributed by atoms with van der Waals surface area (Å²) in [7, 11) is 1.47. The molecule has 2 aromatic carbocycles. The lowest BCUT2D eigenvalue weighted by Crippen LogP contribution is -2.38. The van der Waals surface area contributed by atoms with Crippen molar-refractivity contribution >= 4 is 35.4 Å².